The average molecular weight is 354 g/mol. The summed E-state index contributed by atoms with van der Waals surface area (Å²) in [5.41, 5.74) is 1.25. The lowest BCUT2D eigenvalue weighted by Crippen LogP contribution is -2.10. The van der Waals surface area contributed by atoms with Crippen molar-refractivity contribution in [3.05, 3.63) is 85.0 Å². The van der Waals surface area contributed by atoms with Gasteiger partial charge in [0.2, 0.25) is 0 Å². The molecule has 0 aliphatic rings. The molecule has 0 radical (unpaired) electrons. The molecule has 0 bridgehead atoms. The topological polar surface area (TPSA) is 58.9 Å². The summed E-state index contributed by atoms with van der Waals surface area (Å²) < 4.78 is 11.1. The first kappa shape index (κ1) is 19.8. The fourth-order valence-electron chi connectivity index (χ4n) is 2.41. The van der Waals surface area contributed by atoms with Crippen LogP contribution >= 0.6 is 0 Å². The minimum atomic E-state index is -1.02. The zero-order valence-electron chi connectivity index (χ0n) is 14.9. The first-order valence-electron chi connectivity index (χ1n) is 8.69. The molecule has 138 valence electrons. The highest BCUT2D eigenvalue weighted by atomic mass is 16.5. The second-order valence-corrected chi connectivity index (χ2v) is 5.88. The third kappa shape index (κ3) is 5.76. The minimum Gasteiger partial charge on any atom is -0.493 e. The molecule has 0 fully saturated rings. The van der Waals surface area contributed by atoms with E-state index in [1.807, 2.05) is 0 Å². The molecule has 2 rings (SSSR count). The molecule has 0 heterocycles. The van der Waals surface area contributed by atoms with Crippen molar-refractivity contribution < 1.29 is 19.7 Å². The maximum absolute atomic E-state index is 10.4. The Labute approximate surface area is 155 Å². The van der Waals surface area contributed by atoms with Crippen LogP contribution in [0.3, 0.4) is 0 Å². The van der Waals surface area contributed by atoms with Crippen molar-refractivity contribution in [1.29, 1.82) is 0 Å². The van der Waals surface area contributed by atoms with E-state index in [2.05, 4.69) is 13.2 Å². The van der Waals surface area contributed by atoms with Crippen LogP contribution in [0.15, 0.2) is 73.8 Å². The molecule has 4 heteroatoms. The maximum Gasteiger partial charge on any atom is 0.119 e. The van der Waals surface area contributed by atoms with Crippen molar-refractivity contribution in [3.8, 4) is 11.5 Å². The highest BCUT2D eigenvalue weighted by Gasteiger charge is 2.20. The Kier molecular flexibility index (Phi) is 7.93. The highest BCUT2D eigenvalue weighted by Crippen LogP contribution is 2.30. The molecule has 0 spiro atoms. The predicted octanol–water partition coefficient (Wildman–Crippen LogP) is 4.36. The Hall–Kier alpha value is -2.56. The summed E-state index contributed by atoms with van der Waals surface area (Å²) in [4.78, 5) is 0. The molecule has 0 aromatic heterocycles. The average Bonchev–Trinajstić information content (AvgIpc) is 2.68. The number of aliphatic hydroxyl groups is 2. The van der Waals surface area contributed by atoms with Crippen LogP contribution < -0.4 is 9.47 Å². The number of benzene rings is 2. The second-order valence-electron chi connectivity index (χ2n) is 5.88. The van der Waals surface area contributed by atoms with Crippen LogP contribution in [0.4, 0.5) is 0 Å². The number of ether oxygens (including phenoxy) is 2. The lowest BCUT2D eigenvalue weighted by Gasteiger charge is -2.19. The Morgan fingerprint density at radius 3 is 1.35 bits per heavy atom. The molecule has 2 aromatic carbocycles. The van der Waals surface area contributed by atoms with Gasteiger partial charge in [-0.25, -0.2) is 0 Å². The van der Waals surface area contributed by atoms with Crippen LogP contribution in [-0.2, 0) is 0 Å². The van der Waals surface area contributed by atoms with Crippen LogP contribution in [0.1, 0.15) is 36.2 Å². The Balaban J connectivity index is 1.96. The quantitative estimate of drug-likeness (QED) is 0.465. The maximum atomic E-state index is 10.4. The summed E-state index contributed by atoms with van der Waals surface area (Å²) in [6.07, 6.45) is 3.09. The molecule has 2 atom stereocenters. The van der Waals surface area contributed by atoms with Gasteiger partial charge >= 0.3 is 0 Å². The van der Waals surface area contributed by atoms with Crippen LogP contribution in [-0.4, -0.2) is 23.4 Å². The zero-order valence-corrected chi connectivity index (χ0v) is 14.9. The van der Waals surface area contributed by atoms with Crippen LogP contribution in [0.25, 0.3) is 0 Å². The van der Waals surface area contributed by atoms with E-state index in [4.69, 9.17) is 9.47 Å². The SMILES string of the molecule is C=CCCOc1ccc([C@H](O)[C@@H](O)c2ccc(OCCC=C)cc2)cc1. The van der Waals surface area contributed by atoms with Gasteiger partial charge in [-0.05, 0) is 48.2 Å². The molecule has 0 aliphatic carbocycles. The normalized spacial score (nSPS) is 12.8. The molecule has 2 aromatic rings. The van der Waals surface area contributed by atoms with Gasteiger partial charge in [-0.15, -0.1) is 13.2 Å². The molecule has 0 saturated heterocycles. The van der Waals surface area contributed by atoms with Gasteiger partial charge < -0.3 is 19.7 Å². The number of rotatable bonds is 11. The standard InChI is InChI=1S/C22H26O4/c1-3-5-15-25-19-11-7-17(8-12-19)21(23)22(24)18-9-13-20(14-10-18)26-16-6-4-2/h3-4,7-14,21-24H,1-2,5-6,15-16H2/t21-,22-/m0/s1. The fourth-order valence-corrected chi connectivity index (χ4v) is 2.41. The molecule has 0 saturated carbocycles. The van der Waals surface area contributed by atoms with E-state index in [0.29, 0.717) is 24.3 Å². The van der Waals surface area contributed by atoms with Crippen molar-refractivity contribution >= 4 is 0 Å². The van der Waals surface area contributed by atoms with E-state index in [9.17, 15) is 10.2 Å². The van der Waals surface area contributed by atoms with Crippen molar-refractivity contribution in [2.24, 2.45) is 0 Å². The summed E-state index contributed by atoms with van der Waals surface area (Å²) in [6, 6.07) is 14.1. The van der Waals surface area contributed by atoms with E-state index < -0.39 is 12.2 Å². The molecular formula is C22H26O4. The molecule has 0 unspecified atom stereocenters. The van der Waals surface area contributed by atoms with Gasteiger partial charge in [0, 0.05) is 0 Å². The third-order valence-electron chi connectivity index (χ3n) is 3.92. The summed E-state index contributed by atoms with van der Waals surface area (Å²) >= 11 is 0. The highest BCUT2D eigenvalue weighted by molar-refractivity contribution is 5.33. The Morgan fingerprint density at radius 1 is 0.692 bits per heavy atom. The smallest absolute Gasteiger partial charge is 0.119 e. The monoisotopic (exact) mass is 354 g/mol. The number of hydrogen-bond acceptors (Lipinski definition) is 4. The van der Waals surface area contributed by atoms with Crippen molar-refractivity contribution in [1.82, 2.24) is 0 Å². The molecular weight excluding hydrogens is 328 g/mol. The molecule has 0 amide bonds. The van der Waals surface area contributed by atoms with Gasteiger partial charge in [-0.2, -0.15) is 0 Å². The number of aliphatic hydroxyl groups excluding tert-OH is 2. The van der Waals surface area contributed by atoms with Gasteiger partial charge in [0.05, 0.1) is 13.2 Å². The van der Waals surface area contributed by atoms with Crippen molar-refractivity contribution in [2.75, 3.05) is 13.2 Å². The van der Waals surface area contributed by atoms with Crippen molar-refractivity contribution in [3.63, 3.8) is 0 Å². The van der Waals surface area contributed by atoms with Gasteiger partial charge in [-0.3, -0.25) is 0 Å². The van der Waals surface area contributed by atoms with Gasteiger partial charge in [0.1, 0.15) is 23.7 Å². The van der Waals surface area contributed by atoms with Crippen LogP contribution in [0, 0.1) is 0 Å². The summed E-state index contributed by atoms with van der Waals surface area (Å²) in [5, 5.41) is 20.9. The lowest BCUT2D eigenvalue weighted by atomic mass is 9.98. The lowest BCUT2D eigenvalue weighted by molar-refractivity contribution is 0.0172. The summed E-state index contributed by atoms with van der Waals surface area (Å²) in [6.45, 7) is 8.43. The summed E-state index contributed by atoms with van der Waals surface area (Å²) in [5.74, 6) is 1.44. The largest absolute Gasteiger partial charge is 0.493 e. The van der Waals surface area contributed by atoms with E-state index in [0.717, 1.165) is 24.3 Å². The first-order chi connectivity index (χ1) is 12.7. The van der Waals surface area contributed by atoms with E-state index >= 15 is 0 Å². The Morgan fingerprint density at radius 2 is 1.04 bits per heavy atom. The Bertz CT molecular complexity index is 615. The van der Waals surface area contributed by atoms with E-state index in [1.54, 1.807) is 60.7 Å². The molecule has 4 nitrogen and oxygen atoms in total. The predicted molar refractivity (Wildman–Crippen MR) is 103 cm³/mol. The van der Waals surface area contributed by atoms with Gasteiger partial charge in [0.25, 0.3) is 0 Å². The first-order valence-corrected chi connectivity index (χ1v) is 8.69. The molecule has 2 N–H and O–H groups in total. The van der Waals surface area contributed by atoms with E-state index in [-0.39, 0.29) is 0 Å². The zero-order chi connectivity index (χ0) is 18.8. The molecule has 0 aliphatic heterocycles. The third-order valence-corrected chi connectivity index (χ3v) is 3.92. The summed E-state index contributed by atoms with van der Waals surface area (Å²) in [7, 11) is 0. The van der Waals surface area contributed by atoms with Crippen LogP contribution in [0.2, 0.25) is 0 Å². The van der Waals surface area contributed by atoms with E-state index in [1.165, 1.54) is 0 Å². The molecule has 26 heavy (non-hydrogen) atoms. The van der Waals surface area contributed by atoms with Gasteiger partial charge in [-0.1, -0.05) is 36.4 Å². The van der Waals surface area contributed by atoms with Crippen molar-refractivity contribution in [2.45, 2.75) is 25.0 Å². The second kappa shape index (κ2) is 10.4. The number of hydrogen-bond donors (Lipinski definition) is 2. The van der Waals surface area contributed by atoms with Gasteiger partial charge in [0.15, 0.2) is 0 Å². The fraction of sp³-hybridized carbons (Fsp3) is 0.273. The van der Waals surface area contributed by atoms with Crippen LogP contribution in [0.5, 0.6) is 11.5 Å². The minimum absolute atomic E-state index is 0.565.